The second-order valence-electron chi connectivity index (χ2n) is 8.33. The first-order chi connectivity index (χ1) is 16.3. The molecule has 0 fully saturated rings. The maximum Gasteiger partial charge on any atom is 0.264 e. The quantitative estimate of drug-likeness (QED) is 0.517. The lowest BCUT2D eigenvalue weighted by Crippen LogP contribution is -2.41. The van der Waals surface area contributed by atoms with E-state index in [0.717, 1.165) is 41.3 Å². The Kier molecular flexibility index (Phi) is 6.88. The van der Waals surface area contributed by atoms with Crippen LogP contribution in [0.4, 0.5) is 10.1 Å². The summed E-state index contributed by atoms with van der Waals surface area (Å²) in [4.78, 5) is 13.0. The van der Waals surface area contributed by atoms with Gasteiger partial charge in [-0.2, -0.15) is 0 Å². The number of methoxy groups -OCH3 is 1. The van der Waals surface area contributed by atoms with Gasteiger partial charge in [0.05, 0.1) is 23.7 Å². The number of hydrogen-bond acceptors (Lipinski definition) is 4. The summed E-state index contributed by atoms with van der Waals surface area (Å²) in [5.74, 6) is -0.456. The topological polar surface area (TPSA) is 75.7 Å². The zero-order valence-electron chi connectivity index (χ0n) is 19.1. The first kappa shape index (κ1) is 23.8. The molecule has 1 aliphatic carbocycles. The van der Waals surface area contributed by atoms with Crippen molar-refractivity contribution in [3.8, 4) is 5.75 Å². The van der Waals surface area contributed by atoms with Gasteiger partial charge in [-0.15, -0.1) is 0 Å². The van der Waals surface area contributed by atoms with E-state index in [1.54, 1.807) is 0 Å². The number of hydrogen-bond donors (Lipinski definition) is 1. The third-order valence-electron chi connectivity index (χ3n) is 6.05. The van der Waals surface area contributed by atoms with Gasteiger partial charge in [0, 0.05) is 0 Å². The highest BCUT2D eigenvalue weighted by molar-refractivity contribution is 7.92. The first-order valence-electron chi connectivity index (χ1n) is 11.1. The Morgan fingerprint density at radius 2 is 1.71 bits per heavy atom. The van der Waals surface area contributed by atoms with Crippen LogP contribution in [0.25, 0.3) is 0 Å². The van der Waals surface area contributed by atoms with Crippen LogP contribution in [0.2, 0.25) is 0 Å². The van der Waals surface area contributed by atoms with Crippen molar-refractivity contribution in [2.75, 3.05) is 18.0 Å². The summed E-state index contributed by atoms with van der Waals surface area (Å²) in [6, 6.07) is 16.8. The third kappa shape index (κ3) is 5.07. The fourth-order valence-corrected chi connectivity index (χ4v) is 5.58. The molecule has 1 N–H and O–H groups in total. The minimum absolute atomic E-state index is 0.00269. The number of amides is 1. The maximum atomic E-state index is 13.5. The third-order valence-corrected chi connectivity index (χ3v) is 7.84. The predicted octanol–water partition coefficient (Wildman–Crippen LogP) is 4.40. The number of carbonyl (C=O) groups excluding carboxylic acids is 1. The van der Waals surface area contributed by atoms with Gasteiger partial charge in [-0.25, -0.2) is 12.8 Å². The van der Waals surface area contributed by atoms with Crippen LogP contribution in [0.3, 0.4) is 0 Å². The summed E-state index contributed by atoms with van der Waals surface area (Å²) in [6.07, 6.45) is 3.24. The molecule has 34 heavy (non-hydrogen) atoms. The molecule has 0 unspecified atom stereocenters. The van der Waals surface area contributed by atoms with Crippen molar-refractivity contribution >= 4 is 21.6 Å². The lowest BCUT2D eigenvalue weighted by Gasteiger charge is -2.25. The van der Waals surface area contributed by atoms with Crippen molar-refractivity contribution in [2.45, 2.75) is 37.1 Å². The number of nitrogens with zero attached hydrogens (tertiary/aromatic N) is 1. The Morgan fingerprint density at radius 3 is 2.38 bits per heavy atom. The normalized spacial score (nSPS) is 13.7. The number of aryl methyl sites for hydroxylation is 2. The molecule has 0 bridgehead atoms. The summed E-state index contributed by atoms with van der Waals surface area (Å²) in [5.41, 5.74) is 3.81. The zero-order chi connectivity index (χ0) is 24.3. The van der Waals surface area contributed by atoms with E-state index in [4.69, 9.17) is 4.74 Å². The highest BCUT2D eigenvalue weighted by Crippen LogP contribution is 2.27. The van der Waals surface area contributed by atoms with E-state index >= 15 is 0 Å². The molecule has 0 aromatic heterocycles. The van der Waals surface area contributed by atoms with Crippen LogP contribution < -0.4 is 14.4 Å². The molecule has 3 aromatic rings. The molecule has 4 rings (SSSR count). The van der Waals surface area contributed by atoms with E-state index in [2.05, 4.69) is 17.4 Å². The van der Waals surface area contributed by atoms with E-state index in [-0.39, 0.29) is 16.6 Å². The minimum Gasteiger partial charge on any atom is -0.497 e. The van der Waals surface area contributed by atoms with Gasteiger partial charge in [0.2, 0.25) is 5.91 Å². The van der Waals surface area contributed by atoms with Crippen molar-refractivity contribution in [2.24, 2.45) is 0 Å². The number of anilines is 1. The van der Waals surface area contributed by atoms with E-state index in [1.165, 1.54) is 54.6 Å². The van der Waals surface area contributed by atoms with Crippen molar-refractivity contribution in [3.05, 3.63) is 89.2 Å². The lowest BCUT2D eigenvalue weighted by atomic mass is 10.0. The van der Waals surface area contributed by atoms with Gasteiger partial charge in [-0.05, 0) is 91.4 Å². The van der Waals surface area contributed by atoms with Crippen LogP contribution in [0.15, 0.2) is 71.6 Å². The van der Waals surface area contributed by atoms with Crippen LogP contribution >= 0.6 is 0 Å². The van der Waals surface area contributed by atoms with Crippen molar-refractivity contribution in [1.29, 1.82) is 0 Å². The number of rotatable bonds is 8. The molecule has 0 radical (unpaired) electrons. The fourth-order valence-electron chi connectivity index (χ4n) is 4.16. The SMILES string of the molecule is COc1ccc(S(=O)(=O)N(CC(=O)N[C@@H](C)c2ccc3c(c2)CCC3)c2ccc(F)cc2)cc1. The first-order valence-corrected chi connectivity index (χ1v) is 12.6. The molecule has 1 atom stereocenters. The van der Waals surface area contributed by atoms with Crippen LogP contribution in [-0.4, -0.2) is 28.0 Å². The average molecular weight is 483 g/mol. The van der Waals surface area contributed by atoms with E-state index < -0.39 is 28.3 Å². The molecule has 1 amide bonds. The van der Waals surface area contributed by atoms with Crippen LogP contribution in [0.5, 0.6) is 5.75 Å². The highest BCUT2D eigenvalue weighted by atomic mass is 32.2. The molecule has 0 heterocycles. The molecule has 0 aliphatic heterocycles. The van der Waals surface area contributed by atoms with Gasteiger partial charge >= 0.3 is 0 Å². The molecule has 0 spiro atoms. The van der Waals surface area contributed by atoms with Crippen molar-refractivity contribution in [1.82, 2.24) is 5.32 Å². The number of halogens is 1. The van der Waals surface area contributed by atoms with Gasteiger partial charge in [-0.3, -0.25) is 9.10 Å². The molecule has 1 aliphatic rings. The van der Waals surface area contributed by atoms with Crippen LogP contribution in [-0.2, 0) is 27.7 Å². The molecule has 6 nitrogen and oxygen atoms in total. The number of nitrogens with one attached hydrogen (secondary N) is 1. The molecule has 0 saturated heterocycles. The predicted molar refractivity (Wildman–Crippen MR) is 129 cm³/mol. The van der Waals surface area contributed by atoms with Crippen LogP contribution in [0, 0.1) is 5.82 Å². The second kappa shape index (κ2) is 9.85. The molecule has 0 saturated carbocycles. The van der Waals surface area contributed by atoms with Gasteiger partial charge in [0.15, 0.2) is 0 Å². The summed E-state index contributed by atoms with van der Waals surface area (Å²) in [6.45, 7) is 1.42. The van der Waals surface area contributed by atoms with Gasteiger partial charge in [-0.1, -0.05) is 18.2 Å². The Morgan fingerprint density at radius 1 is 1.03 bits per heavy atom. The smallest absolute Gasteiger partial charge is 0.264 e. The number of fused-ring (bicyclic) bond motifs is 1. The summed E-state index contributed by atoms with van der Waals surface area (Å²) in [7, 11) is -2.61. The fraction of sp³-hybridized carbons (Fsp3) is 0.269. The summed E-state index contributed by atoms with van der Waals surface area (Å²) >= 11 is 0. The molecule has 8 heteroatoms. The van der Waals surface area contributed by atoms with Crippen molar-refractivity contribution in [3.63, 3.8) is 0 Å². The van der Waals surface area contributed by atoms with Crippen molar-refractivity contribution < 1.29 is 22.3 Å². The molecule has 3 aromatic carbocycles. The Labute approximate surface area is 199 Å². The molecule has 178 valence electrons. The molecular weight excluding hydrogens is 455 g/mol. The highest BCUT2D eigenvalue weighted by Gasteiger charge is 2.28. The lowest BCUT2D eigenvalue weighted by molar-refractivity contribution is -0.120. The van der Waals surface area contributed by atoms with E-state index in [0.29, 0.717) is 5.75 Å². The maximum absolute atomic E-state index is 13.5. The minimum atomic E-state index is -4.10. The largest absolute Gasteiger partial charge is 0.497 e. The number of sulfonamides is 1. The summed E-state index contributed by atoms with van der Waals surface area (Å²) < 4.78 is 46.5. The van der Waals surface area contributed by atoms with Gasteiger partial charge in [0.1, 0.15) is 18.1 Å². The van der Waals surface area contributed by atoms with Gasteiger partial charge in [0.25, 0.3) is 10.0 Å². The van der Waals surface area contributed by atoms with E-state index in [1.807, 2.05) is 13.0 Å². The molecular formula is C26H27FN2O4S. The van der Waals surface area contributed by atoms with Gasteiger partial charge < -0.3 is 10.1 Å². The Balaban J connectivity index is 1.57. The monoisotopic (exact) mass is 482 g/mol. The number of ether oxygens (including phenoxy) is 1. The Hall–Kier alpha value is -3.39. The average Bonchev–Trinajstić information content (AvgIpc) is 3.31. The number of carbonyl (C=O) groups is 1. The number of benzene rings is 3. The second-order valence-corrected chi connectivity index (χ2v) is 10.2. The summed E-state index contributed by atoms with van der Waals surface area (Å²) in [5, 5.41) is 2.90. The zero-order valence-corrected chi connectivity index (χ0v) is 19.9. The Bertz CT molecular complexity index is 1280. The van der Waals surface area contributed by atoms with E-state index in [9.17, 15) is 17.6 Å². The van der Waals surface area contributed by atoms with Crippen LogP contribution in [0.1, 0.15) is 36.1 Å². The standard InChI is InChI=1S/C26H27FN2O4S/c1-18(20-7-6-19-4-3-5-21(19)16-20)28-26(30)17-29(23-10-8-22(27)9-11-23)34(31,32)25-14-12-24(33-2)13-15-25/h6-16,18H,3-5,17H2,1-2H3,(H,28,30)/t18-/m0/s1.